The van der Waals surface area contributed by atoms with Gasteiger partial charge < -0.3 is 10.8 Å². The summed E-state index contributed by atoms with van der Waals surface area (Å²) < 4.78 is 2.05. The standard InChI is InChI=1S/C14H25N3O/c1-11(2)17-13(5-8-16-17)12(9-15)14(10-18)6-3-4-7-14/h5,8,11-12,18H,3-4,6-7,9-10,15H2,1-2H3. The lowest BCUT2D eigenvalue weighted by Crippen LogP contribution is -2.36. The highest BCUT2D eigenvalue weighted by atomic mass is 16.3. The van der Waals surface area contributed by atoms with E-state index >= 15 is 0 Å². The highest BCUT2D eigenvalue weighted by Crippen LogP contribution is 2.48. The summed E-state index contributed by atoms with van der Waals surface area (Å²) in [6, 6.07) is 2.40. The van der Waals surface area contributed by atoms with Crippen LogP contribution < -0.4 is 5.73 Å². The van der Waals surface area contributed by atoms with E-state index in [9.17, 15) is 5.11 Å². The van der Waals surface area contributed by atoms with Crippen LogP contribution in [0, 0.1) is 5.41 Å². The molecule has 1 fully saturated rings. The van der Waals surface area contributed by atoms with Crippen molar-refractivity contribution in [3.05, 3.63) is 18.0 Å². The monoisotopic (exact) mass is 251 g/mol. The maximum absolute atomic E-state index is 9.86. The molecule has 18 heavy (non-hydrogen) atoms. The van der Waals surface area contributed by atoms with Crippen LogP contribution in [0.4, 0.5) is 0 Å². The maximum Gasteiger partial charge on any atom is 0.0494 e. The summed E-state index contributed by atoms with van der Waals surface area (Å²) in [6.07, 6.45) is 6.40. The second-order valence-corrected chi connectivity index (χ2v) is 5.81. The molecule has 4 nitrogen and oxygen atoms in total. The van der Waals surface area contributed by atoms with E-state index in [2.05, 4.69) is 25.0 Å². The summed E-state index contributed by atoms with van der Waals surface area (Å²) in [5, 5.41) is 14.3. The Balaban J connectivity index is 2.35. The molecule has 1 heterocycles. The molecular formula is C14H25N3O. The third-order valence-corrected chi connectivity index (χ3v) is 4.44. The predicted molar refractivity (Wildman–Crippen MR) is 72.4 cm³/mol. The van der Waals surface area contributed by atoms with Gasteiger partial charge in [0.2, 0.25) is 0 Å². The van der Waals surface area contributed by atoms with Crippen molar-refractivity contribution < 1.29 is 5.11 Å². The van der Waals surface area contributed by atoms with Crippen molar-refractivity contribution >= 4 is 0 Å². The van der Waals surface area contributed by atoms with Gasteiger partial charge in [-0.25, -0.2) is 0 Å². The molecule has 1 saturated carbocycles. The van der Waals surface area contributed by atoms with Crippen molar-refractivity contribution in [2.75, 3.05) is 13.2 Å². The van der Waals surface area contributed by atoms with Gasteiger partial charge in [-0.15, -0.1) is 0 Å². The third kappa shape index (κ3) is 2.19. The molecule has 0 bridgehead atoms. The summed E-state index contributed by atoms with van der Waals surface area (Å²) >= 11 is 0. The lowest BCUT2D eigenvalue weighted by atomic mass is 9.72. The van der Waals surface area contributed by atoms with E-state index in [0.29, 0.717) is 12.6 Å². The van der Waals surface area contributed by atoms with Crippen LogP contribution in [0.5, 0.6) is 0 Å². The number of hydrogen-bond acceptors (Lipinski definition) is 3. The molecule has 2 rings (SSSR count). The molecule has 1 unspecified atom stereocenters. The Labute approximate surface area is 109 Å². The first-order chi connectivity index (χ1) is 8.64. The average Bonchev–Trinajstić information content (AvgIpc) is 2.99. The Morgan fingerprint density at radius 3 is 2.61 bits per heavy atom. The van der Waals surface area contributed by atoms with Gasteiger partial charge >= 0.3 is 0 Å². The van der Waals surface area contributed by atoms with Crippen molar-refractivity contribution in [3.8, 4) is 0 Å². The van der Waals surface area contributed by atoms with Crippen LogP contribution in [0.3, 0.4) is 0 Å². The Hall–Kier alpha value is -0.870. The molecule has 1 atom stereocenters. The van der Waals surface area contributed by atoms with Crippen molar-refractivity contribution in [1.82, 2.24) is 9.78 Å². The number of rotatable bonds is 5. The highest BCUT2D eigenvalue weighted by molar-refractivity contribution is 5.15. The van der Waals surface area contributed by atoms with Crippen molar-refractivity contribution in [1.29, 1.82) is 0 Å². The molecule has 0 radical (unpaired) electrons. The number of hydrogen-bond donors (Lipinski definition) is 2. The Morgan fingerprint density at radius 1 is 1.44 bits per heavy atom. The number of nitrogens with zero attached hydrogens (tertiary/aromatic N) is 2. The van der Waals surface area contributed by atoms with Gasteiger partial charge in [0.05, 0.1) is 0 Å². The second-order valence-electron chi connectivity index (χ2n) is 5.81. The highest BCUT2D eigenvalue weighted by Gasteiger charge is 2.42. The molecule has 0 amide bonds. The summed E-state index contributed by atoms with van der Waals surface area (Å²) in [7, 11) is 0. The molecule has 1 aliphatic rings. The molecule has 0 aliphatic heterocycles. The predicted octanol–water partition coefficient (Wildman–Crippen LogP) is 2.06. The normalized spacial score (nSPS) is 20.5. The largest absolute Gasteiger partial charge is 0.396 e. The summed E-state index contributed by atoms with van der Waals surface area (Å²) in [5.74, 6) is 0.217. The van der Waals surface area contributed by atoms with Gasteiger partial charge in [-0.05, 0) is 32.8 Å². The van der Waals surface area contributed by atoms with Crippen LogP contribution in [0.25, 0.3) is 0 Å². The average molecular weight is 251 g/mol. The smallest absolute Gasteiger partial charge is 0.0494 e. The zero-order valence-electron chi connectivity index (χ0n) is 11.5. The fraction of sp³-hybridized carbons (Fsp3) is 0.786. The quantitative estimate of drug-likeness (QED) is 0.842. The number of aliphatic hydroxyl groups is 1. The third-order valence-electron chi connectivity index (χ3n) is 4.44. The zero-order chi connectivity index (χ0) is 13.2. The summed E-state index contributed by atoms with van der Waals surface area (Å²) in [5.41, 5.74) is 7.18. The first kappa shape index (κ1) is 13.6. The lowest BCUT2D eigenvalue weighted by molar-refractivity contribution is 0.0986. The van der Waals surface area contributed by atoms with E-state index < -0.39 is 0 Å². The Kier molecular flexibility index (Phi) is 4.07. The minimum absolute atomic E-state index is 0.0264. The van der Waals surface area contributed by atoms with Crippen LogP contribution in [-0.2, 0) is 0 Å². The molecule has 1 aliphatic carbocycles. The topological polar surface area (TPSA) is 64.1 Å². The van der Waals surface area contributed by atoms with Crippen molar-refractivity contribution in [2.45, 2.75) is 51.5 Å². The first-order valence-corrected chi connectivity index (χ1v) is 6.99. The number of nitrogens with two attached hydrogens (primary N) is 1. The van der Waals surface area contributed by atoms with Gasteiger partial charge in [0.25, 0.3) is 0 Å². The number of aliphatic hydroxyl groups excluding tert-OH is 1. The number of aromatic nitrogens is 2. The minimum Gasteiger partial charge on any atom is -0.396 e. The van der Waals surface area contributed by atoms with E-state index in [4.69, 9.17) is 5.73 Å². The summed E-state index contributed by atoms with van der Waals surface area (Å²) in [6.45, 7) is 5.08. The van der Waals surface area contributed by atoms with E-state index in [1.807, 2.05) is 10.9 Å². The van der Waals surface area contributed by atoms with Crippen molar-refractivity contribution in [2.24, 2.45) is 11.1 Å². The van der Waals surface area contributed by atoms with Gasteiger partial charge in [0.1, 0.15) is 0 Å². The van der Waals surface area contributed by atoms with E-state index in [-0.39, 0.29) is 17.9 Å². The molecule has 102 valence electrons. The van der Waals surface area contributed by atoms with Crippen molar-refractivity contribution in [3.63, 3.8) is 0 Å². The first-order valence-electron chi connectivity index (χ1n) is 6.99. The van der Waals surface area contributed by atoms with Crippen LogP contribution >= 0.6 is 0 Å². The van der Waals surface area contributed by atoms with Crippen LogP contribution in [0.15, 0.2) is 12.3 Å². The van der Waals surface area contributed by atoms with Crippen LogP contribution in [-0.4, -0.2) is 28.0 Å². The Morgan fingerprint density at radius 2 is 2.11 bits per heavy atom. The van der Waals surface area contributed by atoms with Crippen LogP contribution in [0.2, 0.25) is 0 Å². The molecule has 4 heteroatoms. The summed E-state index contributed by atoms with van der Waals surface area (Å²) in [4.78, 5) is 0. The molecule has 1 aromatic rings. The second kappa shape index (κ2) is 5.41. The SMILES string of the molecule is CC(C)n1nccc1C(CN)C1(CO)CCCC1. The maximum atomic E-state index is 9.86. The molecule has 3 N–H and O–H groups in total. The lowest BCUT2D eigenvalue weighted by Gasteiger charge is -2.36. The molecule has 0 saturated heterocycles. The minimum atomic E-state index is -0.0264. The molecule has 0 aromatic carbocycles. The fourth-order valence-electron chi connectivity index (χ4n) is 3.41. The van der Waals surface area contributed by atoms with E-state index in [1.165, 1.54) is 18.5 Å². The zero-order valence-corrected chi connectivity index (χ0v) is 11.5. The fourth-order valence-corrected chi connectivity index (χ4v) is 3.41. The van der Waals surface area contributed by atoms with Gasteiger partial charge in [-0.1, -0.05) is 12.8 Å². The Bertz CT molecular complexity index is 380. The molecule has 0 spiro atoms. The van der Waals surface area contributed by atoms with E-state index in [1.54, 1.807) is 0 Å². The molecular weight excluding hydrogens is 226 g/mol. The van der Waals surface area contributed by atoms with E-state index in [0.717, 1.165) is 12.8 Å². The van der Waals surface area contributed by atoms with Gasteiger partial charge in [0, 0.05) is 42.4 Å². The van der Waals surface area contributed by atoms with Crippen LogP contribution in [0.1, 0.15) is 57.2 Å². The van der Waals surface area contributed by atoms with Gasteiger partial charge in [0.15, 0.2) is 0 Å². The van der Waals surface area contributed by atoms with Gasteiger partial charge in [-0.3, -0.25) is 4.68 Å². The van der Waals surface area contributed by atoms with Gasteiger partial charge in [-0.2, -0.15) is 5.10 Å². The molecule has 1 aromatic heterocycles.